The van der Waals surface area contributed by atoms with Crippen LogP contribution in [0.15, 0.2) is 85.1 Å². The minimum atomic E-state index is -0.527. The van der Waals surface area contributed by atoms with Crippen molar-refractivity contribution in [2.24, 2.45) is 0 Å². The number of aromatic nitrogens is 1. The minimum Gasteiger partial charge on any atom is -0.550 e. The maximum Gasteiger partial charge on any atom is 0.426 e. The summed E-state index contributed by atoms with van der Waals surface area (Å²) in [6, 6.07) is 25.1. The van der Waals surface area contributed by atoms with Crippen molar-refractivity contribution < 1.29 is 9.04 Å². The number of nitrogens with zero attached hydrogens (tertiary/aromatic N) is 2. The number of benzene rings is 3. The summed E-state index contributed by atoms with van der Waals surface area (Å²) < 4.78 is 20.2. The van der Waals surface area contributed by atoms with Gasteiger partial charge in [-0.1, -0.05) is 42.5 Å². The highest BCUT2D eigenvalue weighted by atomic mass is 19.1. The Morgan fingerprint density at radius 2 is 1.67 bits per heavy atom. The second-order valence-electron chi connectivity index (χ2n) is 6.12. The Kier molecular flexibility index (Phi) is 4.55. The van der Waals surface area contributed by atoms with E-state index in [1.807, 2.05) is 48.5 Å². The Morgan fingerprint density at radius 1 is 0.889 bits per heavy atom. The molecule has 3 aromatic carbocycles. The van der Waals surface area contributed by atoms with E-state index in [-0.39, 0.29) is 5.82 Å². The second kappa shape index (κ2) is 7.31. The Balaban J connectivity index is 1.81. The van der Waals surface area contributed by atoms with Crippen molar-refractivity contribution in [1.29, 1.82) is 5.26 Å². The first-order valence-electron chi connectivity index (χ1n) is 8.50. The van der Waals surface area contributed by atoms with Gasteiger partial charge in [-0.3, -0.25) is 4.98 Å². The van der Waals surface area contributed by atoms with Gasteiger partial charge >= 0.3 is 6.92 Å². The molecule has 4 aromatic rings. The first kappa shape index (κ1) is 16.8. The van der Waals surface area contributed by atoms with Crippen LogP contribution in [-0.2, 0) is 0 Å². The van der Waals surface area contributed by atoms with Crippen LogP contribution in [0, 0.1) is 17.1 Å². The van der Waals surface area contributed by atoms with Gasteiger partial charge in [0.2, 0.25) is 0 Å². The number of pyridine rings is 1. The van der Waals surface area contributed by atoms with Crippen LogP contribution in [-0.4, -0.2) is 11.9 Å². The molecule has 0 unspecified atom stereocenters. The summed E-state index contributed by atoms with van der Waals surface area (Å²) >= 11 is 0. The van der Waals surface area contributed by atoms with Gasteiger partial charge < -0.3 is 4.65 Å². The summed E-state index contributed by atoms with van der Waals surface area (Å²) in [7, 11) is 0. The average Bonchev–Trinajstić information content (AvgIpc) is 2.72. The third-order valence-electron chi connectivity index (χ3n) is 4.33. The van der Waals surface area contributed by atoms with Crippen molar-refractivity contribution in [2.75, 3.05) is 0 Å². The van der Waals surface area contributed by atoms with E-state index in [0.717, 1.165) is 16.4 Å². The summed E-state index contributed by atoms with van der Waals surface area (Å²) in [6.45, 7) is -0.527. The number of hydrogen-bond donors (Lipinski definition) is 0. The van der Waals surface area contributed by atoms with Crippen molar-refractivity contribution in [3.05, 3.63) is 96.4 Å². The van der Waals surface area contributed by atoms with E-state index in [0.29, 0.717) is 16.8 Å². The van der Waals surface area contributed by atoms with Crippen LogP contribution in [0.1, 0.15) is 5.56 Å². The van der Waals surface area contributed by atoms with Crippen LogP contribution in [0.3, 0.4) is 0 Å². The molecule has 0 aliphatic rings. The molecule has 0 N–H and O–H groups in total. The zero-order valence-corrected chi connectivity index (χ0v) is 14.3. The van der Waals surface area contributed by atoms with Gasteiger partial charge in [0, 0.05) is 11.6 Å². The lowest BCUT2D eigenvalue weighted by molar-refractivity contribution is 0.595. The normalized spacial score (nSPS) is 10.4. The maximum atomic E-state index is 13.8. The lowest BCUT2D eigenvalue weighted by Gasteiger charge is -2.18. The fourth-order valence-electron chi connectivity index (χ4n) is 3.03. The Labute approximate surface area is 156 Å². The lowest BCUT2D eigenvalue weighted by Crippen LogP contribution is -2.47. The number of hydrogen-bond acceptors (Lipinski definition) is 3. The van der Waals surface area contributed by atoms with Crippen molar-refractivity contribution >= 4 is 28.7 Å². The summed E-state index contributed by atoms with van der Waals surface area (Å²) in [5, 5.41) is 10.0. The molecule has 0 bridgehead atoms. The molecule has 1 heterocycles. The van der Waals surface area contributed by atoms with Crippen molar-refractivity contribution in [1.82, 2.24) is 4.98 Å². The van der Waals surface area contributed by atoms with E-state index in [4.69, 9.17) is 9.92 Å². The summed E-state index contributed by atoms with van der Waals surface area (Å²) in [5.74, 6) is 0.289. The van der Waals surface area contributed by atoms with Crippen LogP contribution in [0.5, 0.6) is 5.75 Å². The van der Waals surface area contributed by atoms with E-state index in [1.54, 1.807) is 24.4 Å². The smallest absolute Gasteiger partial charge is 0.426 e. The second-order valence-corrected chi connectivity index (χ2v) is 6.12. The van der Waals surface area contributed by atoms with Gasteiger partial charge in [-0.25, -0.2) is 4.39 Å². The number of nitriles is 1. The quantitative estimate of drug-likeness (QED) is 0.529. The largest absolute Gasteiger partial charge is 0.550 e. The molecular weight excluding hydrogens is 338 g/mol. The number of halogens is 1. The van der Waals surface area contributed by atoms with Crippen molar-refractivity contribution in [3.8, 4) is 11.8 Å². The highest BCUT2D eigenvalue weighted by Gasteiger charge is 2.25. The van der Waals surface area contributed by atoms with Gasteiger partial charge in [0.15, 0.2) is 0 Å². The van der Waals surface area contributed by atoms with E-state index in [2.05, 4.69) is 11.1 Å². The summed E-state index contributed by atoms with van der Waals surface area (Å²) in [4.78, 5) is 4.42. The van der Waals surface area contributed by atoms with Gasteiger partial charge in [0.25, 0.3) is 0 Å². The van der Waals surface area contributed by atoms with Crippen molar-refractivity contribution in [3.63, 3.8) is 0 Å². The van der Waals surface area contributed by atoms with Gasteiger partial charge in [0.1, 0.15) is 17.1 Å². The van der Waals surface area contributed by atoms with E-state index < -0.39 is 6.92 Å². The molecule has 0 fully saturated rings. The lowest BCUT2D eigenvalue weighted by atomic mass is 9.55. The van der Waals surface area contributed by atoms with Crippen LogP contribution in [0.25, 0.3) is 10.9 Å². The summed E-state index contributed by atoms with van der Waals surface area (Å²) in [6.07, 6.45) is 1.72. The standard InChI is InChI=1S/C22H14BFN2O/c24-20-7-2-6-19(14-20)23(18-11-9-16(15-25)10-12-18)27-21-8-1-4-17-5-3-13-26-22(17)21/h1-14H. The number of rotatable bonds is 4. The van der Waals surface area contributed by atoms with Crippen LogP contribution >= 0.6 is 0 Å². The van der Waals surface area contributed by atoms with Crippen molar-refractivity contribution in [2.45, 2.75) is 0 Å². The van der Waals surface area contributed by atoms with Gasteiger partial charge in [-0.2, -0.15) is 5.26 Å². The molecule has 0 saturated carbocycles. The highest BCUT2D eigenvalue weighted by molar-refractivity contribution is 6.80. The zero-order valence-electron chi connectivity index (χ0n) is 14.3. The predicted octanol–water partition coefficient (Wildman–Crippen LogP) is 3.43. The van der Waals surface area contributed by atoms with E-state index in [1.165, 1.54) is 12.1 Å². The summed E-state index contributed by atoms with van der Waals surface area (Å²) in [5.41, 5.74) is 2.82. The van der Waals surface area contributed by atoms with Gasteiger partial charge in [0.05, 0.1) is 11.6 Å². The molecule has 0 aliphatic heterocycles. The molecule has 3 nitrogen and oxygen atoms in total. The maximum absolute atomic E-state index is 13.8. The third-order valence-corrected chi connectivity index (χ3v) is 4.33. The Morgan fingerprint density at radius 3 is 2.44 bits per heavy atom. The third kappa shape index (κ3) is 3.51. The van der Waals surface area contributed by atoms with Crippen LogP contribution in [0.2, 0.25) is 0 Å². The SMILES string of the molecule is N#Cc1ccc(B(Oc2cccc3cccnc23)c2cccc(F)c2)cc1. The molecule has 27 heavy (non-hydrogen) atoms. The topological polar surface area (TPSA) is 45.9 Å². The molecule has 0 radical (unpaired) electrons. The molecular formula is C22H14BFN2O. The molecule has 0 spiro atoms. The molecule has 128 valence electrons. The monoisotopic (exact) mass is 352 g/mol. The predicted molar refractivity (Wildman–Crippen MR) is 105 cm³/mol. The molecule has 5 heteroatoms. The highest BCUT2D eigenvalue weighted by Crippen LogP contribution is 2.23. The fourth-order valence-corrected chi connectivity index (χ4v) is 3.03. The van der Waals surface area contributed by atoms with Gasteiger partial charge in [-0.05, 0) is 47.3 Å². The molecule has 1 aromatic heterocycles. The average molecular weight is 352 g/mol. The van der Waals surface area contributed by atoms with Gasteiger partial charge in [-0.15, -0.1) is 0 Å². The minimum absolute atomic E-state index is 0.328. The first-order valence-corrected chi connectivity index (χ1v) is 8.50. The molecule has 0 aliphatic carbocycles. The zero-order chi connectivity index (χ0) is 18.6. The van der Waals surface area contributed by atoms with E-state index in [9.17, 15) is 4.39 Å². The molecule has 4 rings (SSSR count). The number of fused-ring (bicyclic) bond motifs is 1. The fraction of sp³-hybridized carbons (Fsp3) is 0. The van der Waals surface area contributed by atoms with E-state index >= 15 is 0 Å². The number of para-hydroxylation sites is 1. The Hall–Kier alpha value is -3.65. The first-order chi connectivity index (χ1) is 13.2. The van der Waals surface area contributed by atoms with Crippen LogP contribution in [0.4, 0.5) is 4.39 Å². The Bertz CT molecular complexity index is 1130. The molecule has 0 amide bonds. The molecule has 0 saturated heterocycles. The van der Waals surface area contributed by atoms with Crippen LogP contribution < -0.4 is 15.6 Å². The molecule has 0 atom stereocenters.